The monoisotopic (exact) mass is 407 g/mol. The van der Waals surface area contributed by atoms with E-state index in [0.717, 1.165) is 0 Å². The van der Waals surface area contributed by atoms with Crippen molar-refractivity contribution >= 4 is 29.1 Å². The van der Waals surface area contributed by atoms with Gasteiger partial charge in [0, 0.05) is 15.6 Å². The van der Waals surface area contributed by atoms with Gasteiger partial charge in [-0.2, -0.15) is 0 Å². The second-order valence-electron chi connectivity index (χ2n) is 5.78. The van der Waals surface area contributed by atoms with Crippen LogP contribution in [0.15, 0.2) is 65.3 Å². The molecule has 2 aromatic carbocycles. The average Bonchev–Trinajstić information content (AvgIpc) is 3.15. The van der Waals surface area contributed by atoms with Gasteiger partial charge >= 0.3 is 0 Å². The van der Waals surface area contributed by atoms with E-state index in [2.05, 4.69) is 0 Å². The molecule has 0 spiro atoms. The molecule has 0 N–H and O–H groups in total. The molecular weight excluding hydrogens is 392 g/mol. The van der Waals surface area contributed by atoms with Crippen LogP contribution in [0, 0.1) is 5.82 Å². The van der Waals surface area contributed by atoms with E-state index in [0.29, 0.717) is 16.5 Å². The molecule has 1 aromatic heterocycles. The average molecular weight is 408 g/mol. The highest BCUT2D eigenvalue weighted by molar-refractivity contribution is 6.31. The van der Waals surface area contributed by atoms with Crippen molar-refractivity contribution in [1.29, 1.82) is 0 Å². The number of carbonyl (C=O) groups is 1. The fourth-order valence-electron chi connectivity index (χ4n) is 2.49. The quantitative estimate of drug-likeness (QED) is 0.531. The van der Waals surface area contributed by atoms with Crippen LogP contribution in [0.2, 0.25) is 10.0 Å². The van der Waals surface area contributed by atoms with Gasteiger partial charge in [-0.3, -0.25) is 4.79 Å². The summed E-state index contributed by atoms with van der Waals surface area (Å²) in [6.45, 7) is -0.0769. The fraction of sp³-hybridized carbons (Fsp3) is 0.150. The van der Waals surface area contributed by atoms with Crippen molar-refractivity contribution in [3.63, 3.8) is 0 Å². The maximum Gasteiger partial charge on any atom is 0.261 e. The predicted molar refractivity (Wildman–Crippen MR) is 101 cm³/mol. The first-order valence-corrected chi connectivity index (χ1v) is 8.90. The van der Waals surface area contributed by atoms with Gasteiger partial charge < -0.3 is 14.1 Å². The number of furan rings is 1. The highest BCUT2D eigenvalue weighted by Gasteiger charge is 2.20. The highest BCUT2D eigenvalue weighted by Crippen LogP contribution is 2.22. The number of nitrogens with zero attached hydrogens (tertiary/aromatic N) is 1. The standard InChI is InChI=1S/C20H16Cl2FNO3/c21-14-4-1-5-15(10-14)27-13-20(25)24(11-16-6-3-9-26-16)12-17-18(22)7-2-8-19(17)23/h1-10H,11-13H2. The first kappa shape index (κ1) is 19.3. The lowest BCUT2D eigenvalue weighted by molar-refractivity contribution is -0.134. The molecule has 1 heterocycles. The Bertz CT molecular complexity index is 895. The molecule has 0 atom stereocenters. The first-order valence-electron chi connectivity index (χ1n) is 8.14. The predicted octanol–water partition coefficient (Wildman–Crippen LogP) is 5.33. The van der Waals surface area contributed by atoms with E-state index in [1.54, 1.807) is 42.5 Å². The molecular formula is C20H16Cl2FNO3. The molecule has 3 rings (SSSR count). The summed E-state index contributed by atoms with van der Waals surface area (Å²) in [5.41, 5.74) is 0.238. The van der Waals surface area contributed by atoms with Crippen LogP contribution >= 0.6 is 23.2 Å². The largest absolute Gasteiger partial charge is 0.484 e. The smallest absolute Gasteiger partial charge is 0.261 e. The molecule has 0 saturated heterocycles. The molecule has 0 unspecified atom stereocenters. The molecule has 0 saturated carbocycles. The maximum atomic E-state index is 14.2. The van der Waals surface area contributed by atoms with Crippen molar-refractivity contribution in [1.82, 2.24) is 4.90 Å². The Hall–Kier alpha value is -2.50. The summed E-state index contributed by atoms with van der Waals surface area (Å²) < 4.78 is 25.0. The molecule has 0 radical (unpaired) electrons. The normalized spacial score (nSPS) is 10.6. The summed E-state index contributed by atoms with van der Waals surface area (Å²) in [6, 6.07) is 14.6. The minimum absolute atomic E-state index is 0.00997. The van der Waals surface area contributed by atoms with Crippen LogP contribution in [-0.4, -0.2) is 17.4 Å². The van der Waals surface area contributed by atoms with E-state index < -0.39 is 5.82 Å². The van der Waals surface area contributed by atoms with Crippen LogP contribution in [0.25, 0.3) is 0 Å². The lowest BCUT2D eigenvalue weighted by atomic mass is 10.2. The second kappa shape index (κ2) is 8.93. The van der Waals surface area contributed by atoms with Crippen LogP contribution in [0.5, 0.6) is 5.75 Å². The van der Waals surface area contributed by atoms with Crippen LogP contribution < -0.4 is 4.74 Å². The minimum atomic E-state index is -0.476. The lowest BCUT2D eigenvalue weighted by Gasteiger charge is -2.23. The number of benzene rings is 2. The second-order valence-corrected chi connectivity index (χ2v) is 6.62. The number of carbonyl (C=O) groups excluding carboxylic acids is 1. The molecule has 0 fully saturated rings. The number of hydrogen-bond donors (Lipinski definition) is 0. The van der Waals surface area contributed by atoms with Gasteiger partial charge in [0.05, 0.1) is 19.4 Å². The zero-order chi connectivity index (χ0) is 19.2. The third-order valence-electron chi connectivity index (χ3n) is 3.85. The van der Waals surface area contributed by atoms with E-state index in [4.69, 9.17) is 32.4 Å². The Morgan fingerprint density at radius 3 is 2.59 bits per heavy atom. The zero-order valence-electron chi connectivity index (χ0n) is 14.2. The van der Waals surface area contributed by atoms with Crippen LogP contribution in [-0.2, 0) is 17.9 Å². The van der Waals surface area contributed by atoms with Gasteiger partial charge in [-0.1, -0.05) is 35.3 Å². The van der Waals surface area contributed by atoms with E-state index in [-0.39, 0.29) is 36.2 Å². The number of ether oxygens (including phenoxy) is 1. The molecule has 0 aliphatic carbocycles. The summed E-state index contributed by atoms with van der Waals surface area (Å²) in [5.74, 6) is 0.220. The number of amides is 1. The first-order chi connectivity index (χ1) is 13.0. The van der Waals surface area contributed by atoms with Gasteiger partial charge in [0.1, 0.15) is 17.3 Å². The summed E-state index contributed by atoms with van der Waals surface area (Å²) in [5, 5.41) is 0.758. The number of rotatable bonds is 7. The lowest BCUT2D eigenvalue weighted by Crippen LogP contribution is -2.34. The van der Waals surface area contributed by atoms with Crippen molar-refractivity contribution in [3.8, 4) is 5.75 Å². The fourth-order valence-corrected chi connectivity index (χ4v) is 2.89. The van der Waals surface area contributed by atoms with E-state index in [1.165, 1.54) is 23.3 Å². The van der Waals surface area contributed by atoms with Gasteiger partial charge in [0.25, 0.3) is 5.91 Å². The van der Waals surface area contributed by atoms with Crippen LogP contribution in [0.3, 0.4) is 0 Å². The molecule has 1 amide bonds. The summed E-state index contributed by atoms with van der Waals surface area (Å²) >= 11 is 12.0. The third-order valence-corrected chi connectivity index (χ3v) is 4.44. The Kier molecular flexibility index (Phi) is 6.37. The maximum absolute atomic E-state index is 14.2. The molecule has 3 aromatic rings. The van der Waals surface area contributed by atoms with Gasteiger partial charge in [-0.15, -0.1) is 0 Å². The van der Waals surface area contributed by atoms with Gasteiger partial charge in [-0.05, 0) is 42.5 Å². The topological polar surface area (TPSA) is 42.7 Å². The van der Waals surface area contributed by atoms with Crippen LogP contribution in [0.4, 0.5) is 4.39 Å². The molecule has 0 aliphatic rings. The SMILES string of the molecule is O=C(COc1cccc(Cl)c1)N(Cc1ccco1)Cc1c(F)cccc1Cl. The van der Waals surface area contributed by atoms with Crippen molar-refractivity contribution in [3.05, 3.63) is 88.0 Å². The van der Waals surface area contributed by atoms with E-state index >= 15 is 0 Å². The van der Waals surface area contributed by atoms with Gasteiger partial charge in [0.2, 0.25) is 0 Å². The molecule has 27 heavy (non-hydrogen) atoms. The molecule has 4 nitrogen and oxygen atoms in total. The Morgan fingerprint density at radius 1 is 1.07 bits per heavy atom. The summed E-state index contributed by atoms with van der Waals surface area (Å²) in [7, 11) is 0. The van der Waals surface area contributed by atoms with Crippen molar-refractivity contribution in [2.75, 3.05) is 6.61 Å². The van der Waals surface area contributed by atoms with Crippen molar-refractivity contribution in [2.24, 2.45) is 0 Å². The molecule has 140 valence electrons. The Morgan fingerprint density at radius 2 is 1.89 bits per heavy atom. The summed E-state index contributed by atoms with van der Waals surface area (Å²) in [6.07, 6.45) is 1.51. The number of halogens is 3. The molecule has 7 heteroatoms. The van der Waals surface area contributed by atoms with Crippen molar-refractivity contribution < 1.29 is 18.3 Å². The molecule has 0 bridgehead atoms. The molecule has 0 aliphatic heterocycles. The Balaban J connectivity index is 1.75. The minimum Gasteiger partial charge on any atom is -0.484 e. The van der Waals surface area contributed by atoms with Gasteiger partial charge in [0.15, 0.2) is 6.61 Å². The summed E-state index contributed by atoms with van der Waals surface area (Å²) in [4.78, 5) is 14.1. The highest BCUT2D eigenvalue weighted by atomic mass is 35.5. The van der Waals surface area contributed by atoms with Crippen molar-refractivity contribution in [2.45, 2.75) is 13.1 Å². The van der Waals surface area contributed by atoms with E-state index in [9.17, 15) is 9.18 Å². The van der Waals surface area contributed by atoms with Gasteiger partial charge in [-0.25, -0.2) is 4.39 Å². The third kappa shape index (κ3) is 5.25. The Labute approximate surface area is 166 Å². The van der Waals surface area contributed by atoms with E-state index in [1.807, 2.05) is 0 Å². The zero-order valence-corrected chi connectivity index (χ0v) is 15.7. The van der Waals surface area contributed by atoms with Crippen LogP contribution in [0.1, 0.15) is 11.3 Å². The number of hydrogen-bond acceptors (Lipinski definition) is 3.